The molecule has 1 saturated heterocycles. The summed E-state index contributed by atoms with van der Waals surface area (Å²) in [7, 11) is 0. The Kier molecular flexibility index (Phi) is 2.71. The Balaban J connectivity index is 1.88. The van der Waals surface area contributed by atoms with E-state index in [2.05, 4.69) is 5.43 Å². The summed E-state index contributed by atoms with van der Waals surface area (Å²) in [5.41, 5.74) is 2.19. The third-order valence-corrected chi connectivity index (χ3v) is 3.07. The number of hydrazine groups is 1. The van der Waals surface area contributed by atoms with E-state index in [-0.39, 0.29) is 17.6 Å². The molecule has 0 atom stereocenters. The van der Waals surface area contributed by atoms with Gasteiger partial charge in [-0.3, -0.25) is 10.2 Å². The Morgan fingerprint density at radius 1 is 1.29 bits per heavy atom. The molecule has 2 aliphatic rings. The van der Waals surface area contributed by atoms with Gasteiger partial charge in [-0.15, -0.1) is 0 Å². The van der Waals surface area contributed by atoms with Crippen molar-refractivity contribution in [2.24, 2.45) is 11.8 Å². The highest BCUT2D eigenvalue weighted by atomic mass is 16.7. The number of carbonyl (C=O) groups excluding carboxylic acids is 1. The van der Waals surface area contributed by atoms with Crippen molar-refractivity contribution < 1.29 is 14.3 Å². The summed E-state index contributed by atoms with van der Waals surface area (Å²) in [6.45, 7) is 1.35. The first-order valence-corrected chi connectivity index (χ1v) is 5.04. The highest BCUT2D eigenvalue weighted by Gasteiger charge is 2.41. The molecule has 2 rings (SSSR count). The van der Waals surface area contributed by atoms with Crippen LogP contribution in [-0.2, 0) is 14.3 Å². The first kappa shape index (κ1) is 9.89. The van der Waals surface area contributed by atoms with E-state index in [0.29, 0.717) is 13.2 Å². The number of nitrogens with two attached hydrogens (primary N) is 1. The molecule has 3 N–H and O–H groups in total. The molecule has 80 valence electrons. The van der Waals surface area contributed by atoms with Gasteiger partial charge in [0, 0.05) is 18.8 Å². The Morgan fingerprint density at radius 3 is 2.36 bits per heavy atom. The Bertz CT molecular complexity index is 216. The maximum atomic E-state index is 11.3. The molecule has 0 unspecified atom stereocenters. The second-order valence-corrected chi connectivity index (χ2v) is 3.89. The van der Waals surface area contributed by atoms with Crippen molar-refractivity contribution in [3.63, 3.8) is 0 Å². The molecule has 1 aliphatic carbocycles. The third kappa shape index (κ3) is 1.75. The zero-order chi connectivity index (χ0) is 10.0. The number of rotatable bonds is 1. The van der Waals surface area contributed by atoms with Gasteiger partial charge in [-0.05, 0) is 12.8 Å². The molecule has 0 aromatic heterocycles. The minimum absolute atomic E-state index is 0.0263. The SMILES string of the molecule is NNC(=O)C1CCC2(CC1)OCCO2. The molecule has 5 heteroatoms. The Labute approximate surface area is 82.9 Å². The van der Waals surface area contributed by atoms with E-state index in [4.69, 9.17) is 15.3 Å². The number of ether oxygens (including phenoxy) is 2. The molecule has 1 aliphatic heterocycles. The van der Waals surface area contributed by atoms with Gasteiger partial charge >= 0.3 is 0 Å². The summed E-state index contributed by atoms with van der Waals surface area (Å²) in [6.07, 6.45) is 3.18. The standard InChI is InChI=1S/C9H16N2O3/c10-11-8(12)7-1-3-9(4-2-7)13-5-6-14-9/h7H,1-6,10H2,(H,11,12). The second-order valence-electron chi connectivity index (χ2n) is 3.89. The van der Waals surface area contributed by atoms with Crippen LogP contribution in [-0.4, -0.2) is 24.9 Å². The monoisotopic (exact) mass is 200 g/mol. The number of amides is 1. The second kappa shape index (κ2) is 3.84. The molecule has 2 fully saturated rings. The van der Waals surface area contributed by atoms with Gasteiger partial charge in [0.15, 0.2) is 5.79 Å². The van der Waals surface area contributed by atoms with E-state index >= 15 is 0 Å². The predicted molar refractivity (Wildman–Crippen MR) is 48.9 cm³/mol. The zero-order valence-electron chi connectivity index (χ0n) is 8.12. The fourth-order valence-corrected chi connectivity index (χ4v) is 2.22. The van der Waals surface area contributed by atoms with E-state index in [0.717, 1.165) is 25.7 Å². The van der Waals surface area contributed by atoms with Gasteiger partial charge in [-0.1, -0.05) is 0 Å². The van der Waals surface area contributed by atoms with Crippen LogP contribution in [0, 0.1) is 5.92 Å². The summed E-state index contributed by atoms with van der Waals surface area (Å²) in [4.78, 5) is 11.3. The zero-order valence-corrected chi connectivity index (χ0v) is 8.12. The molecule has 0 aromatic carbocycles. The van der Waals surface area contributed by atoms with Crippen molar-refractivity contribution in [1.82, 2.24) is 5.43 Å². The highest BCUT2D eigenvalue weighted by molar-refractivity contribution is 5.78. The predicted octanol–water partition coefficient (Wildman–Crippen LogP) is -0.0904. The normalized spacial score (nSPS) is 26.6. The van der Waals surface area contributed by atoms with Gasteiger partial charge in [0.25, 0.3) is 0 Å². The van der Waals surface area contributed by atoms with Crippen LogP contribution in [0.5, 0.6) is 0 Å². The summed E-state index contributed by atoms with van der Waals surface area (Å²) in [5.74, 6) is 4.66. The third-order valence-electron chi connectivity index (χ3n) is 3.07. The van der Waals surface area contributed by atoms with Crippen LogP contribution >= 0.6 is 0 Å². The van der Waals surface area contributed by atoms with Crippen LogP contribution in [0.2, 0.25) is 0 Å². The number of nitrogens with one attached hydrogen (secondary N) is 1. The Hall–Kier alpha value is -0.650. The lowest BCUT2D eigenvalue weighted by molar-refractivity contribution is -0.183. The molecule has 14 heavy (non-hydrogen) atoms. The lowest BCUT2D eigenvalue weighted by Gasteiger charge is -2.34. The van der Waals surface area contributed by atoms with Gasteiger partial charge in [0.2, 0.25) is 5.91 Å². The van der Waals surface area contributed by atoms with Crippen LogP contribution in [0.4, 0.5) is 0 Å². The van der Waals surface area contributed by atoms with E-state index in [1.165, 1.54) is 0 Å². The van der Waals surface area contributed by atoms with Crippen molar-refractivity contribution in [3.8, 4) is 0 Å². The molecule has 1 saturated carbocycles. The van der Waals surface area contributed by atoms with E-state index < -0.39 is 0 Å². The number of carbonyl (C=O) groups is 1. The van der Waals surface area contributed by atoms with Crippen molar-refractivity contribution in [2.45, 2.75) is 31.5 Å². The van der Waals surface area contributed by atoms with Crippen LogP contribution in [0.3, 0.4) is 0 Å². The molecule has 0 radical (unpaired) electrons. The first-order valence-electron chi connectivity index (χ1n) is 5.04. The van der Waals surface area contributed by atoms with E-state index in [1.54, 1.807) is 0 Å². The maximum Gasteiger partial charge on any atom is 0.236 e. The van der Waals surface area contributed by atoms with Gasteiger partial charge in [0.05, 0.1) is 13.2 Å². The summed E-state index contributed by atoms with van der Waals surface area (Å²) < 4.78 is 11.1. The van der Waals surface area contributed by atoms with Gasteiger partial charge in [-0.25, -0.2) is 5.84 Å². The maximum absolute atomic E-state index is 11.3. The lowest BCUT2D eigenvalue weighted by Crippen LogP contribution is -2.42. The molecule has 5 nitrogen and oxygen atoms in total. The molecule has 0 aromatic rings. The molecule has 0 bridgehead atoms. The molecular weight excluding hydrogens is 184 g/mol. The van der Waals surface area contributed by atoms with Gasteiger partial charge in [0.1, 0.15) is 0 Å². The number of hydrogen-bond donors (Lipinski definition) is 2. The smallest absolute Gasteiger partial charge is 0.236 e. The van der Waals surface area contributed by atoms with E-state index in [9.17, 15) is 4.79 Å². The lowest BCUT2D eigenvalue weighted by atomic mass is 9.84. The van der Waals surface area contributed by atoms with Crippen molar-refractivity contribution in [3.05, 3.63) is 0 Å². The van der Waals surface area contributed by atoms with Gasteiger partial charge < -0.3 is 9.47 Å². The van der Waals surface area contributed by atoms with Crippen molar-refractivity contribution in [1.29, 1.82) is 0 Å². The quantitative estimate of drug-likeness (QED) is 0.352. The summed E-state index contributed by atoms with van der Waals surface area (Å²) >= 11 is 0. The Morgan fingerprint density at radius 2 is 1.86 bits per heavy atom. The minimum Gasteiger partial charge on any atom is -0.348 e. The summed E-state index contributed by atoms with van der Waals surface area (Å²) in [5, 5.41) is 0. The average molecular weight is 200 g/mol. The largest absolute Gasteiger partial charge is 0.348 e. The van der Waals surface area contributed by atoms with Crippen LogP contribution in [0.15, 0.2) is 0 Å². The van der Waals surface area contributed by atoms with Crippen molar-refractivity contribution in [2.75, 3.05) is 13.2 Å². The van der Waals surface area contributed by atoms with Crippen LogP contribution in [0.25, 0.3) is 0 Å². The van der Waals surface area contributed by atoms with Gasteiger partial charge in [-0.2, -0.15) is 0 Å². The average Bonchev–Trinajstić information content (AvgIpc) is 2.67. The fourth-order valence-electron chi connectivity index (χ4n) is 2.22. The van der Waals surface area contributed by atoms with Crippen LogP contribution < -0.4 is 11.3 Å². The molecule has 1 heterocycles. The number of hydrogen-bond acceptors (Lipinski definition) is 4. The fraction of sp³-hybridized carbons (Fsp3) is 0.889. The topological polar surface area (TPSA) is 73.6 Å². The molecular formula is C9H16N2O3. The first-order chi connectivity index (χ1) is 6.76. The highest BCUT2D eigenvalue weighted by Crippen LogP contribution is 2.38. The molecule has 1 amide bonds. The van der Waals surface area contributed by atoms with Crippen molar-refractivity contribution >= 4 is 5.91 Å². The van der Waals surface area contributed by atoms with Crippen LogP contribution in [0.1, 0.15) is 25.7 Å². The molecule has 1 spiro atoms. The van der Waals surface area contributed by atoms with E-state index in [1.807, 2.05) is 0 Å². The summed E-state index contributed by atoms with van der Waals surface area (Å²) in [6, 6.07) is 0. The minimum atomic E-state index is -0.384.